The maximum absolute atomic E-state index is 9.69. The van der Waals surface area contributed by atoms with E-state index in [4.69, 9.17) is 0 Å². The number of aromatic nitrogens is 1. The Bertz CT molecular complexity index is 796. The molecule has 1 heterocycles. The summed E-state index contributed by atoms with van der Waals surface area (Å²) < 4.78 is 0. The largest absolute Gasteiger partial charge is 0.508 e. The van der Waals surface area contributed by atoms with E-state index in [9.17, 15) is 5.11 Å². The highest BCUT2D eigenvalue weighted by atomic mass is 16.3. The summed E-state index contributed by atoms with van der Waals surface area (Å²) >= 11 is 0. The molecule has 0 atom stereocenters. The molecule has 0 aliphatic heterocycles. The second kappa shape index (κ2) is 5.44. The van der Waals surface area contributed by atoms with E-state index in [0.717, 1.165) is 33.4 Å². The lowest BCUT2D eigenvalue weighted by Crippen LogP contribution is -2.03. The van der Waals surface area contributed by atoms with Gasteiger partial charge in [-0.15, -0.1) is 0 Å². The van der Waals surface area contributed by atoms with Crippen LogP contribution in [0.4, 0.5) is 5.69 Å². The molecule has 0 aliphatic rings. The SMILES string of the molecule is Cc1cc(NCc2ccc3ccccc3n2)c(C)cc1O. The predicted molar refractivity (Wildman–Crippen MR) is 86.7 cm³/mol. The zero-order valence-corrected chi connectivity index (χ0v) is 12.2. The number of aromatic hydroxyl groups is 1. The molecule has 0 saturated heterocycles. The predicted octanol–water partition coefficient (Wildman–Crippen LogP) is 4.17. The molecule has 0 bridgehead atoms. The Labute approximate surface area is 124 Å². The average molecular weight is 278 g/mol. The number of nitrogens with one attached hydrogen (secondary N) is 1. The molecule has 0 radical (unpaired) electrons. The van der Waals surface area contributed by atoms with Crippen molar-refractivity contribution < 1.29 is 5.11 Å². The number of nitrogens with zero attached hydrogens (tertiary/aromatic N) is 1. The second-order valence-electron chi connectivity index (χ2n) is 5.30. The molecule has 2 N–H and O–H groups in total. The minimum absolute atomic E-state index is 0.335. The smallest absolute Gasteiger partial charge is 0.118 e. The minimum Gasteiger partial charge on any atom is -0.508 e. The number of pyridine rings is 1. The first-order valence-corrected chi connectivity index (χ1v) is 7.02. The van der Waals surface area contributed by atoms with Crippen molar-refractivity contribution in [3.8, 4) is 5.75 Å². The first-order chi connectivity index (χ1) is 10.1. The number of benzene rings is 2. The van der Waals surface area contributed by atoms with E-state index in [-0.39, 0.29) is 0 Å². The van der Waals surface area contributed by atoms with Crippen LogP contribution in [0.15, 0.2) is 48.5 Å². The Morgan fingerprint density at radius 3 is 2.67 bits per heavy atom. The number of phenols is 1. The van der Waals surface area contributed by atoms with Crippen molar-refractivity contribution in [3.63, 3.8) is 0 Å². The molecule has 3 aromatic rings. The Hall–Kier alpha value is -2.55. The van der Waals surface area contributed by atoms with E-state index in [1.165, 1.54) is 0 Å². The van der Waals surface area contributed by atoms with Gasteiger partial charge >= 0.3 is 0 Å². The van der Waals surface area contributed by atoms with Crippen molar-refractivity contribution in [2.75, 3.05) is 5.32 Å². The van der Waals surface area contributed by atoms with Gasteiger partial charge in [-0.1, -0.05) is 24.3 Å². The first kappa shape index (κ1) is 13.4. The van der Waals surface area contributed by atoms with Gasteiger partial charge in [-0.25, -0.2) is 0 Å². The lowest BCUT2D eigenvalue weighted by molar-refractivity contribution is 0.471. The summed E-state index contributed by atoms with van der Waals surface area (Å²) in [5, 5.41) is 14.2. The number of anilines is 1. The topological polar surface area (TPSA) is 45.2 Å². The highest BCUT2D eigenvalue weighted by Gasteiger charge is 2.04. The van der Waals surface area contributed by atoms with Crippen molar-refractivity contribution in [1.82, 2.24) is 4.98 Å². The summed E-state index contributed by atoms with van der Waals surface area (Å²) in [5.41, 5.74) is 4.93. The standard InChI is InChI=1S/C18H18N2O/c1-12-10-18(21)13(2)9-17(12)19-11-15-8-7-14-5-3-4-6-16(14)20-15/h3-10,19,21H,11H2,1-2H3. The first-order valence-electron chi connectivity index (χ1n) is 7.02. The highest BCUT2D eigenvalue weighted by Crippen LogP contribution is 2.25. The molecule has 3 heteroatoms. The number of hydrogen-bond acceptors (Lipinski definition) is 3. The van der Waals surface area contributed by atoms with Gasteiger partial charge in [-0.05, 0) is 49.2 Å². The monoisotopic (exact) mass is 278 g/mol. The van der Waals surface area contributed by atoms with E-state index in [1.54, 1.807) is 6.07 Å². The Kier molecular flexibility index (Phi) is 3.48. The summed E-state index contributed by atoms with van der Waals surface area (Å²) in [7, 11) is 0. The van der Waals surface area contributed by atoms with Crippen LogP contribution in [0.5, 0.6) is 5.75 Å². The molecular formula is C18H18N2O. The van der Waals surface area contributed by atoms with Crippen LogP contribution in [0.1, 0.15) is 16.8 Å². The van der Waals surface area contributed by atoms with Gasteiger partial charge in [0, 0.05) is 11.1 Å². The molecule has 106 valence electrons. The molecule has 0 fully saturated rings. The van der Waals surface area contributed by atoms with Gasteiger partial charge in [0.25, 0.3) is 0 Å². The lowest BCUT2D eigenvalue weighted by Gasteiger charge is -2.11. The Morgan fingerprint density at radius 2 is 1.81 bits per heavy atom. The van der Waals surface area contributed by atoms with Gasteiger partial charge in [0.15, 0.2) is 0 Å². The van der Waals surface area contributed by atoms with Crippen molar-refractivity contribution >= 4 is 16.6 Å². The number of aryl methyl sites for hydroxylation is 2. The zero-order chi connectivity index (χ0) is 14.8. The third kappa shape index (κ3) is 2.82. The molecule has 21 heavy (non-hydrogen) atoms. The quantitative estimate of drug-likeness (QED) is 0.707. The average Bonchev–Trinajstić information content (AvgIpc) is 2.49. The van der Waals surface area contributed by atoms with Crippen molar-refractivity contribution in [1.29, 1.82) is 0 Å². The molecule has 0 saturated carbocycles. The summed E-state index contributed by atoms with van der Waals surface area (Å²) in [6, 6.07) is 16.0. The Balaban J connectivity index is 1.81. The van der Waals surface area contributed by atoms with Gasteiger partial charge in [-0.2, -0.15) is 0 Å². The number of rotatable bonds is 3. The van der Waals surface area contributed by atoms with Crippen LogP contribution in [0.3, 0.4) is 0 Å². The van der Waals surface area contributed by atoms with Gasteiger partial charge in [0.2, 0.25) is 0 Å². The van der Waals surface area contributed by atoms with Crippen LogP contribution in [0.2, 0.25) is 0 Å². The summed E-state index contributed by atoms with van der Waals surface area (Å²) in [6.07, 6.45) is 0. The normalized spacial score (nSPS) is 10.8. The molecule has 0 amide bonds. The van der Waals surface area contributed by atoms with E-state index < -0.39 is 0 Å². The molecule has 3 rings (SSSR count). The fourth-order valence-electron chi connectivity index (χ4n) is 2.38. The van der Waals surface area contributed by atoms with Gasteiger partial charge < -0.3 is 10.4 Å². The maximum atomic E-state index is 9.69. The van der Waals surface area contributed by atoms with Crippen molar-refractivity contribution in [2.45, 2.75) is 20.4 Å². The molecule has 2 aromatic carbocycles. The Morgan fingerprint density at radius 1 is 1.00 bits per heavy atom. The third-order valence-corrected chi connectivity index (χ3v) is 3.66. The number of fused-ring (bicyclic) bond motifs is 1. The van der Waals surface area contributed by atoms with Crippen LogP contribution in [0.25, 0.3) is 10.9 Å². The molecule has 1 aromatic heterocycles. The minimum atomic E-state index is 0.335. The van der Waals surface area contributed by atoms with Crippen molar-refractivity contribution in [3.05, 3.63) is 65.4 Å². The molecule has 0 unspecified atom stereocenters. The van der Waals surface area contributed by atoms with E-state index in [1.807, 2.05) is 44.2 Å². The molecule has 3 nitrogen and oxygen atoms in total. The van der Waals surface area contributed by atoms with Gasteiger partial charge in [0.1, 0.15) is 5.75 Å². The van der Waals surface area contributed by atoms with Gasteiger partial charge in [0.05, 0.1) is 17.8 Å². The van der Waals surface area contributed by atoms with Crippen LogP contribution in [-0.4, -0.2) is 10.1 Å². The van der Waals surface area contributed by atoms with E-state index >= 15 is 0 Å². The van der Waals surface area contributed by atoms with E-state index in [2.05, 4.69) is 22.4 Å². The zero-order valence-electron chi connectivity index (χ0n) is 12.2. The van der Waals surface area contributed by atoms with Crippen molar-refractivity contribution in [2.24, 2.45) is 0 Å². The van der Waals surface area contributed by atoms with E-state index in [0.29, 0.717) is 12.3 Å². The highest BCUT2D eigenvalue weighted by molar-refractivity contribution is 5.78. The summed E-state index contributed by atoms with van der Waals surface area (Å²) in [4.78, 5) is 4.65. The molecule has 0 aliphatic carbocycles. The van der Waals surface area contributed by atoms with Crippen LogP contribution < -0.4 is 5.32 Å². The van der Waals surface area contributed by atoms with Crippen LogP contribution >= 0.6 is 0 Å². The summed E-state index contributed by atoms with van der Waals surface area (Å²) in [6.45, 7) is 4.54. The lowest BCUT2D eigenvalue weighted by atomic mass is 10.1. The third-order valence-electron chi connectivity index (χ3n) is 3.66. The maximum Gasteiger partial charge on any atom is 0.118 e. The van der Waals surface area contributed by atoms with Gasteiger partial charge in [-0.3, -0.25) is 4.98 Å². The van der Waals surface area contributed by atoms with Crippen LogP contribution in [-0.2, 0) is 6.54 Å². The fourth-order valence-corrected chi connectivity index (χ4v) is 2.38. The second-order valence-corrected chi connectivity index (χ2v) is 5.30. The molecule has 0 spiro atoms. The van der Waals surface area contributed by atoms with Crippen LogP contribution in [0, 0.1) is 13.8 Å². The number of phenolic OH excluding ortho intramolecular Hbond substituents is 1. The number of hydrogen-bond donors (Lipinski definition) is 2. The summed E-state index contributed by atoms with van der Waals surface area (Å²) in [5.74, 6) is 0.335. The fraction of sp³-hybridized carbons (Fsp3) is 0.167. The molecular weight excluding hydrogens is 260 g/mol. The number of para-hydroxylation sites is 1.